The van der Waals surface area contributed by atoms with Crippen molar-refractivity contribution in [1.82, 2.24) is 20.3 Å². The number of piperidine rings is 1. The number of phenols is 1. The molecule has 2 saturated heterocycles. The summed E-state index contributed by atoms with van der Waals surface area (Å²) in [6.45, 7) is 1.81. The van der Waals surface area contributed by atoms with Gasteiger partial charge in [0.15, 0.2) is 5.82 Å². The predicted molar refractivity (Wildman–Crippen MR) is 141 cm³/mol. The van der Waals surface area contributed by atoms with E-state index in [4.69, 9.17) is 11.6 Å². The molecule has 2 aliphatic rings. The van der Waals surface area contributed by atoms with E-state index in [1.54, 1.807) is 11.8 Å². The van der Waals surface area contributed by atoms with E-state index >= 15 is 4.39 Å². The third kappa shape index (κ3) is 4.66. The fourth-order valence-corrected chi connectivity index (χ4v) is 6.34. The number of aromatic hydroxyl groups is 1. The largest absolute Gasteiger partial charge is 0.508 e. The van der Waals surface area contributed by atoms with E-state index in [1.807, 2.05) is 0 Å². The molecule has 6 rings (SSSR count). The number of fused-ring (bicyclic) bond motifs is 4. The summed E-state index contributed by atoms with van der Waals surface area (Å²) in [4.78, 5) is 37.1. The molecule has 2 aliphatic heterocycles. The van der Waals surface area contributed by atoms with Crippen LogP contribution >= 0.6 is 11.6 Å². The number of phenolic OH excluding ortho intramolecular Hbond substituents is 1. The summed E-state index contributed by atoms with van der Waals surface area (Å²) in [5, 5.41) is 13.8. The highest BCUT2D eigenvalue weighted by Crippen LogP contribution is 2.41. The SMILES string of the molecule is Cc1nc(-c2cc(O)cc3ccc(F)c(Cl)c23)c(F)c2[nH]c(=O)nc(N3CC4CC(C(=O)C(F)(F)F)CC(C3)N4)c12. The summed E-state index contributed by atoms with van der Waals surface area (Å²) in [5.41, 5.74) is -1.15. The van der Waals surface area contributed by atoms with Gasteiger partial charge in [-0.1, -0.05) is 17.7 Å². The van der Waals surface area contributed by atoms with Gasteiger partial charge in [-0.15, -0.1) is 0 Å². The van der Waals surface area contributed by atoms with Crippen LogP contribution in [0.5, 0.6) is 5.75 Å². The number of aromatic nitrogens is 3. The van der Waals surface area contributed by atoms with Gasteiger partial charge < -0.3 is 20.3 Å². The summed E-state index contributed by atoms with van der Waals surface area (Å²) in [7, 11) is 0. The molecule has 0 radical (unpaired) electrons. The van der Waals surface area contributed by atoms with Crippen LogP contribution in [0.25, 0.3) is 32.9 Å². The summed E-state index contributed by atoms with van der Waals surface area (Å²) in [6.07, 6.45) is -5.02. The molecule has 8 nitrogen and oxygen atoms in total. The molecule has 0 amide bonds. The van der Waals surface area contributed by atoms with Crippen molar-refractivity contribution in [2.45, 2.75) is 38.0 Å². The van der Waals surface area contributed by atoms with Crippen LogP contribution in [0.4, 0.5) is 27.8 Å². The first-order valence-electron chi connectivity index (χ1n) is 12.6. The lowest BCUT2D eigenvalue weighted by molar-refractivity contribution is -0.177. The number of anilines is 1. The highest BCUT2D eigenvalue weighted by molar-refractivity contribution is 6.37. The van der Waals surface area contributed by atoms with E-state index in [0.29, 0.717) is 5.39 Å². The minimum Gasteiger partial charge on any atom is -0.508 e. The molecule has 2 atom stereocenters. The number of Topliss-reactive ketones (excluding diaryl/α,β-unsaturated/α-hetero) is 1. The van der Waals surface area contributed by atoms with Gasteiger partial charge in [0.1, 0.15) is 23.1 Å². The first kappa shape index (κ1) is 27.3. The standard InChI is InChI=1S/C27H21ClF5N5O3/c1-10-18-23(21(30)22(34-10)16-7-15(39)6-11-2-3-17(29)20(28)19(11)16)36-26(41)37-25(18)38-8-13-4-12(5-14(9-38)35-13)24(40)27(31,32)33/h2-3,6-7,12-14,35,39H,4-5,8-9H2,1H3,(H,36,37,41). The van der Waals surface area contributed by atoms with Crippen molar-refractivity contribution in [3.8, 4) is 17.0 Å². The number of nitrogens with zero attached hydrogens (tertiary/aromatic N) is 3. The minimum absolute atomic E-state index is 0.00305. The number of alkyl halides is 3. The maximum Gasteiger partial charge on any atom is 0.450 e. The van der Waals surface area contributed by atoms with Crippen LogP contribution in [0.2, 0.25) is 5.02 Å². The molecular formula is C27H21ClF5N5O3. The first-order valence-corrected chi connectivity index (χ1v) is 13.0. The summed E-state index contributed by atoms with van der Waals surface area (Å²) in [6, 6.07) is 4.03. The predicted octanol–water partition coefficient (Wildman–Crippen LogP) is 4.77. The van der Waals surface area contributed by atoms with Crippen molar-refractivity contribution < 1.29 is 31.9 Å². The molecule has 0 saturated carbocycles. The van der Waals surface area contributed by atoms with Gasteiger partial charge in [0.25, 0.3) is 0 Å². The van der Waals surface area contributed by atoms with Crippen molar-refractivity contribution in [3.63, 3.8) is 0 Å². The lowest BCUT2D eigenvalue weighted by Crippen LogP contribution is -2.62. The van der Waals surface area contributed by atoms with E-state index in [1.165, 1.54) is 18.2 Å². The molecule has 2 aromatic carbocycles. The Labute approximate surface area is 233 Å². The van der Waals surface area contributed by atoms with Crippen LogP contribution in [-0.4, -0.2) is 57.2 Å². The third-order valence-electron chi connectivity index (χ3n) is 7.67. The Morgan fingerprint density at radius 2 is 1.78 bits per heavy atom. The number of ketones is 1. The lowest BCUT2D eigenvalue weighted by atomic mass is 9.82. The molecule has 2 fully saturated rings. The third-order valence-corrected chi connectivity index (χ3v) is 8.04. The maximum absolute atomic E-state index is 16.2. The number of halogens is 6. The second kappa shape index (κ2) is 9.62. The highest BCUT2D eigenvalue weighted by atomic mass is 35.5. The maximum atomic E-state index is 16.2. The Kier molecular flexibility index (Phi) is 6.42. The number of carbonyl (C=O) groups excluding carboxylic acids is 1. The number of pyridine rings is 1. The Morgan fingerprint density at radius 3 is 2.44 bits per heavy atom. The Morgan fingerprint density at radius 1 is 1.10 bits per heavy atom. The molecule has 2 aromatic heterocycles. The normalized spacial score (nSPS) is 21.0. The number of H-pyrrole nitrogens is 1. The fourth-order valence-electron chi connectivity index (χ4n) is 6.07. The van der Waals surface area contributed by atoms with Crippen LogP contribution in [0.1, 0.15) is 18.5 Å². The van der Waals surface area contributed by atoms with Gasteiger partial charge in [-0.25, -0.2) is 18.6 Å². The molecule has 4 aromatic rings. The number of hydrogen-bond donors (Lipinski definition) is 3. The summed E-state index contributed by atoms with van der Waals surface area (Å²) in [5.74, 6) is -4.79. The quantitative estimate of drug-likeness (QED) is 0.293. The molecule has 0 aliphatic carbocycles. The Bertz CT molecular complexity index is 1800. The topological polar surface area (TPSA) is 111 Å². The van der Waals surface area contributed by atoms with Crippen molar-refractivity contribution in [1.29, 1.82) is 0 Å². The van der Waals surface area contributed by atoms with Crippen LogP contribution in [0, 0.1) is 24.5 Å². The van der Waals surface area contributed by atoms with Gasteiger partial charge in [-0.3, -0.25) is 4.79 Å². The van der Waals surface area contributed by atoms with E-state index < -0.39 is 47.3 Å². The zero-order valence-corrected chi connectivity index (χ0v) is 22.0. The number of hydrogen-bond acceptors (Lipinski definition) is 7. The lowest BCUT2D eigenvalue weighted by Gasteiger charge is -2.45. The van der Waals surface area contributed by atoms with E-state index in [-0.39, 0.29) is 75.8 Å². The van der Waals surface area contributed by atoms with Crippen molar-refractivity contribution in [2.75, 3.05) is 18.0 Å². The van der Waals surface area contributed by atoms with Crippen molar-refractivity contribution in [3.05, 3.63) is 57.1 Å². The van der Waals surface area contributed by atoms with Gasteiger partial charge in [-0.2, -0.15) is 18.2 Å². The van der Waals surface area contributed by atoms with E-state index in [0.717, 1.165) is 6.07 Å². The Balaban J connectivity index is 1.45. The Hall–Kier alpha value is -3.84. The van der Waals surface area contributed by atoms with Crippen LogP contribution in [0.15, 0.2) is 29.1 Å². The molecule has 214 valence electrons. The van der Waals surface area contributed by atoms with Crippen LogP contribution in [0.3, 0.4) is 0 Å². The highest BCUT2D eigenvalue weighted by Gasteiger charge is 2.47. The fraction of sp³-hybridized carbons (Fsp3) is 0.333. The molecule has 0 spiro atoms. The van der Waals surface area contributed by atoms with Gasteiger partial charge in [0, 0.05) is 42.0 Å². The zero-order valence-electron chi connectivity index (χ0n) is 21.2. The van der Waals surface area contributed by atoms with Crippen LogP contribution in [-0.2, 0) is 4.79 Å². The average Bonchev–Trinajstić information content (AvgIpc) is 2.90. The van der Waals surface area contributed by atoms with Gasteiger partial charge in [0.05, 0.1) is 21.6 Å². The second-order valence-electron chi connectivity index (χ2n) is 10.4. The molecular weight excluding hydrogens is 573 g/mol. The average molecular weight is 594 g/mol. The number of aryl methyl sites for hydroxylation is 1. The number of nitrogens with one attached hydrogen (secondary N) is 2. The number of rotatable bonds is 3. The summed E-state index contributed by atoms with van der Waals surface area (Å²) < 4.78 is 69.7. The molecule has 4 heterocycles. The monoisotopic (exact) mass is 593 g/mol. The van der Waals surface area contributed by atoms with E-state index in [9.17, 15) is 32.3 Å². The van der Waals surface area contributed by atoms with Gasteiger partial charge >= 0.3 is 11.9 Å². The smallest absolute Gasteiger partial charge is 0.450 e. The second-order valence-corrected chi connectivity index (χ2v) is 10.8. The van der Waals surface area contributed by atoms with Crippen molar-refractivity contribution >= 4 is 44.9 Å². The van der Waals surface area contributed by atoms with Crippen LogP contribution < -0.4 is 15.9 Å². The van der Waals surface area contributed by atoms with Gasteiger partial charge in [0.2, 0.25) is 5.78 Å². The molecule has 2 unspecified atom stereocenters. The van der Waals surface area contributed by atoms with Crippen molar-refractivity contribution in [2.24, 2.45) is 5.92 Å². The molecule has 2 bridgehead atoms. The van der Waals surface area contributed by atoms with Gasteiger partial charge in [-0.05, 0) is 43.4 Å². The number of aromatic amines is 1. The minimum atomic E-state index is -4.92. The number of benzene rings is 2. The number of piperazine rings is 1. The summed E-state index contributed by atoms with van der Waals surface area (Å²) >= 11 is 6.23. The molecule has 41 heavy (non-hydrogen) atoms. The molecule has 3 N–H and O–H groups in total. The van der Waals surface area contributed by atoms with E-state index in [2.05, 4.69) is 20.3 Å². The first-order chi connectivity index (χ1) is 19.3. The molecule has 14 heteroatoms. The number of carbonyl (C=O) groups is 1. The zero-order chi connectivity index (χ0) is 29.4.